The number of hydrogen-bond acceptors (Lipinski definition) is 8. The van der Waals surface area contributed by atoms with Crippen molar-refractivity contribution in [3.05, 3.63) is 28.2 Å². The molecule has 26 heavy (non-hydrogen) atoms. The van der Waals surface area contributed by atoms with Crippen molar-refractivity contribution in [1.82, 2.24) is 0 Å². The van der Waals surface area contributed by atoms with Crippen LogP contribution in [0.15, 0.2) is 22.7 Å². The number of nitrogens with zero attached hydrogens (tertiary/aromatic N) is 1. The molecule has 1 aliphatic heterocycles. The average Bonchev–Trinajstić information content (AvgIpc) is 2.70. The van der Waals surface area contributed by atoms with E-state index in [0.29, 0.717) is 9.37 Å². The van der Waals surface area contributed by atoms with Gasteiger partial charge in [0.15, 0.2) is 0 Å². The molecule has 1 N–H and O–H groups in total. The topological polar surface area (TPSA) is 144 Å². The van der Waals surface area contributed by atoms with Crippen LogP contribution in [0, 0.1) is 0 Å². The van der Waals surface area contributed by atoms with Crippen LogP contribution in [0.5, 0.6) is 0 Å². The normalized spacial score (nSPS) is 16.6. The first-order valence-corrected chi connectivity index (χ1v) is 11.3. The van der Waals surface area contributed by atoms with Crippen molar-refractivity contribution >= 4 is 53.9 Å². The Morgan fingerprint density at radius 1 is 1.15 bits per heavy atom. The number of imide groups is 1. The summed E-state index contributed by atoms with van der Waals surface area (Å²) in [7, 11) is -8.02. The molecule has 13 heteroatoms. The smallest absolute Gasteiger partial charge is 0.418 e. The molecule has 2 amide bonds. The van der Waals surface area contributed by atoms with Gasteiger partial charge in [-0.2, -0.15) is 16.8 Å². The minimum Gasteiger partial charge on any atom is -0.464 e. The summed E-state index contributed by atoms with van der Waals surface area (Å²) in [5.41, 5.74) is -1.95. The molecule has 0 atom stereocenters. The molecule has 0 saturated heterocycles. The maximum absolute atomic E-state index is 12.9. The van der Waals surface area contributed by atoms with E-state index in [-0.39, 0.29) is 11.3 Å². The lowest BCUT2D eigenvalue weighted by atomic mass is 9.83. The molecule has 144 valence electrons. The molecule has 0 aliphatic carbocycles. The van der Waals surface area contributed by atoms with E-state index >= 15 is 0 Å². The number of halogens is 1. The van der Waals surface area contributed by atoms with Crippen LogP contribution in [0.2, 0.25) is 0 Å². The number of anilines is 1. The van der Waals surface area contributed by atoms with Crippen molar-refractivity contribution < 1.29 is 39.9 Å². The van der Waals surface area contributed by atoms with Crippen molar-refractivity contribution in [1.29, 1.82) is 0 Å². The van der Waals surface area contributed by atoms with Crippen molar-refractivity contribution in [3.8, 4) is 0 Å². The van der Waals surface area contributed by atoms with Gasteiger partial charge in [-0.05, 0) is 17.7 Å². The summed E-state index contributed by atoms with van der Waals surface area (Å²) in [4.78, 5) is 24.8. The number of rotatable bonds is 6. The third-order valence-electron chi connectivity index (χ3n) is 3.56. The number of carboxylic acid groups (broad SMARTS) is 1. The van der Waals surface area contributed by atoms with Gasteiger partial charge >= 0.3 is 6.09 Å². The van der Waals surface area contributed by atoms with Gasteiger partial charge in [-0.25, -0.2) is 9.69 Å². The van der Waals surface area contributed by atoms with Gasteiger partial charge in [-0.3, -0.25) is 13.2 Å². The fourth-order valence-electron chi connectivity index (χ4n) is 2.46. The fraction of sp³-hybridized carbons (Fsp3) is 0.385. The van der Waals surface area contributed by atoms with Crippen LogP contribution in [-0.2, 0) is 38.8 Å². The second-order valence-corrected chi connectivity index (χ2v) is 9.80. The maximum atomic E-state index is 12.9. The van der Waals surface area contributed by atoms with Crippen molar-refractivity contribution in [3.63, 3.8) is 0 Å². The first-order chi connectivity index (χ1) is 11.8. The van der Waals surface area contributed by atoms with E-state index in [2.05, 4.69) is 15.9 Å². The molecule has 0 fully saturated rings. The van der Waals surface area contributed by atoms with Gasteiger partial charge in [0.05, 0.1) is 31.4 Å². The summed E-state index contributed by atoms with van der Waals surface area (Å²) < 4.78 is 55.4. The largest absolute Gasteiger partial charge is 0.464 e. The summed E-state index contributed by atoms with van der Waals surface area (Å²) >= 11 is 3.16. The molecule has 0 bridgehead atoms. The molecule has 0 spiro atoms. The second-order valence-electron chi connectivity index (χ2n) is 5.60. The molecule has 0 unspecified atom stereocenters. The standard InChI is InChI=1S/C13H14BrNO9S2/c1-25(19,20)23-6-13(7-24-26(2,21)22)9-4-3-8(14)5-10(9)15(11(13)16)12(17)18/h3-5H,6-7H2,1-2H3,(H,17,18). The maximum Gasteiger partial charge on any atom is 0.418 e. The molecule has 0 saturated carbocycles. The minimum atomic E-state index is -4.01. The van der Waals surface area contributed by atoms with E-state index in [4.69, 9.17) is 8.37 Å². The van der Waals surface area contributed by atoms with E-state index in [1.54, 1.807) is 0 Å². The molecule has 0 radical (unpaired) electrons. The Bertz CT molecular complexity index is 935. The highest BCUT2D eigenvalue weighted by molar-refractivity contribution is 9.10. The molecular weight excluding hydrogens is 458 g/mol. The summed E-state index contributed by atoms with van der Waals surface area (Å²) in [6.45, 7) is -1.64. The van der Waals surface area contributed by atoms with Gasteiger partial charge in [0, 0.05) is 4.47 Å². The zero-order valence-corrected chi connectivity index (χ0v) is 16.7. The summed E-state index contributed by atoms with van der Waals surface area (Å²) in [5.74, 6) is -1.08. The molecular formula is C13H14BrNO9S2. The van der Waals surface area contributed by atoms with Crippen LogP contribution in [0.3, 0.4) is 0 Å². The van der Waals surface area contributed by atoms with Gasteiger partial charge in [0.2, 0.25) is 0 Å². The second kappa shape index (κ2) is 6.88. The Morgan fingerprint density at radius 2 is 1.65 bits per heavy atom. The SMILES string of the molecule is CS(=O)(=O)OCC1(COS(C)(=O)=O)C(=O)N(C(=O)O)c2cc(Br)ccc21. The summed E-state index contributed by atoms with van der Waals surface area (Å²) in [6.07, 6.45) is -0.126. The van der Waals surface area contributed by atoms with E-state index in [0.717, 1.165) is 12.5 Å². The Balaban J connectivity index is 2.65. The van der Waals surface area contributed by atoms with E-state index in [9.17, 15) is 31.5 Å². The molecule has 2 rings (SSSR count). The number of amides is 2. The average molecular weight is 472 g/mol. The van der Waals surface area contributed by atoms with Crippen molar-refractivity contribution in [2.45, 2.75) is 5.41 Å². The minimum absolute atomic E-state index is 0.0499. The van der Waals surface area contributed by atoms with Gasteiger partial charge in [0.25, 0.3) is 26.1 Å². The highest BCUT2D eigenvalue weighted by Gasteiger charge is 2.55. The first kappa shape index (κ1) is 20.8. The van der Waals surface area contributed by atoms with Crippen molar-refractivity contribution in [2.75, 3.05) is 30.6 Å². The van der Waals surface area contributed by atoms with Gasteiger partial charge in [-0.15, -0.1) is 0 Å². The van der Waals surface area contributed by atoms with Crippen LogP contribution in [-0.4, -0.2) is 59.7 Å². The lowest BCUT2D eigenvalue weighted by molar-refractivity contribution is -0.124. The summed E-state index contributed by atoms with van der Waals surface area (Å²) in [5, 5.41) is 9.38. The number of fused-ring (bicyclic) bond motifs is 1. The quantitative estimate of drug-likeness (QED) is 0.591. The van der Waals surface area contributed by atoms with E-state index < -0.39 is 50.9 Å². The highest BCUT2D eigenvalue weighted by Crippen LogP contribution is 2.44. The Morgan fingerprint density at radius 3 is 2.08 bits per heavy atom. The summed E-state index contributed by atoms with van der Waals surface area (Å²) in [6, 6.07) is 4.20. The predicted octanol–water partition coefficient (Wildman–Crippen LogP) is 0.664. The van der Waals surface area contributed by atoms with Crippen LogP contribution < -0.4 is 4.90 Å². The molecule has 1 aliphatic rings. The van der Waals surface area contributed by atoms with E-state index in [1.807, 2.05) is 0 Å². The van der Waals surface area contributed by atoms with Crippen LogP contribution in [0.1, 0.15) is 5.56 Å². The van der Waals surface area contributed by atoms with E-state index in [1.165, 1.54) is 18.2 Å². The third kappa shape index (κ3) is 4.23. The molecule has 1 aromatic carbocycles. The fourth-order valence-corrected chi connectivity index (χ4v) is 3.64. The molecule has 1 heterocycles. The number of carbonyl (C=O) groups excluding carboxylic acids is 1. The molecule has 1 aromatic rings. The van der Waals surface area contributed by atoms with Crippen LogP contribution >= 0.6 is 15.9 Å². The van der Waals surface area contributed by atoms with Gasteiger partial charge < -0.3 is 5.11 Å². The van der Waals surface area contributed by atoms with Gasteiger partial charge in [0.1, 0.15) is 5.41 Å². The third-order valence-corrected chi connectivity index (χ3v) is 5.14. The monoisotopic (exact) mass is 471 g/mol. The van der Waals surface area contributed by atoms with Crippen LogP contribution in [0.25, 0.3) is 0 Å². The zero-order valence-electron chi connectivity index (χ0n) is 13.5. The van der Waals surface area contributed by atoms with Crippen LogP contribution in [0.4, 0.5) is 10.5 Å². The number of hydrogen-bond donors (Lipinski definition) is 1. The number of carbonyl (C=O) groups is 2. The predicted molar refractivity (Wildman–Crippen MR) is 92.9 cm³/mol. The Kier molecular flexibility index (Phi) is 5.50. The number of benzene rings is 1. The lowest BCUT2D eigenvalue weighted by Gasteiger charge is -2.26. The first-order valence-electron chi connectivity index (χ1n) is 6.83. The molecule has 0 aromatic heterocycles. The van der Waals surface area contributed by atoms with Gasteiger partial charge in [-0.1, -0.05) is 22.0 Å². The Hall–Kier alpha value is -1.54. The Labute approximate surface area is 158 Å². The zero-order chi connectivity index (χ0) is 19.9. The molecule has 10 nitrogen and oxygen atoms in total. The lowest BCUT2D eigenvalue weighted by Crippen LogP contribution is -2.49. The highest BCUT2D eigenvalue weighted by atomic mass is 79.9. The van der Waals surface area contributed by atoms with Crippen molar-refractivity contribution in [2.24, 2.45) is 0 Å².